The lowest BCUT2D eigenvalue weighted by atomic mass is 10.2. The van der Waals surface area contributed by atoms with Crippen LogP contribution in [0.3, 0.4) is 0 Å². The van der Waals surface area contributed by atoms with Gasteiger partial charge in [0.05, 0.1) is 6.54 Å². The number of nitrogens with zero attached hydrogens (tertiary/aromatic N) is 1. The van der Waals surface area contributed by atoms with Crippen molar-refractivity contribution in [2.45, 2.75) is 12.0 Å². The summed E-state index contributed by atoms with van der Waals surface area (Å²) in [5, 5.41) is 2.58. The number of pyridine rings is 1. The van der Waals surface area contributed by atoms with Gasteiger partial charge in [-0.1, -0.05) is 6.07 Å². The average Bonchev–Trinajstić information content (AvgIpc) is 2.48. The molecule has 2 rings (SSSR count). The molecule has 0 saturated carbocycles. The van der Waals surface area contributed by atoms with Crippen molar-refractivity contribution in [1.29, 1.82) is 0 Å². The molecule has 1 fully saturated rings. The van der Waals surface area contributed by atoms with Crippen LogP contribution in [0.25, 0.3) is 0 Å². The van der Waals surface area contributed by atoms with Crippen LogP contribution in [-0.4, -0.2) is 30.1 Å². The lowest BCUT2D eigenvalue weighted by Gasteiger charge is -2.18. The van der Waals surface area contributed by atoms with Crippen LogP contribution < -0.4 is 10.1 Å². The van der Waals surface area contributed by atoms with Gasteiger partial charge in [0.2, 0.25) is 5.88 Å². The van der Waals surface area contributed by atoms with E-state index in [2.05, 4.69) is 10.3 Å². The molecule has 0 spiro atoms. The molecule has 0 aromatic carbocycles. The average molecular weight is 200 g/mol. The summed E-state index contributed by atoms with van der Waals surface area (Å²) in [5.74, 6) is -2.57. The van der Waals surface area contributed by atoms with Gasteiger partial charge in [0.1, 0.15) is 0 Å². The maximum absolute atomic E-state index is 13.1. The smallest absolute Gasteiger partial charge is 0.297 e. The van der Waals surface area contributed by atoms with Crippen molar-refractivity contribution < 1.29 is 13.5 Å². The third-order valence-corrected chi connectivity index (χ3v) is 2.06. The molecule has 5 heteroatoms. The van der Waals surface area contributed by atoms with Crippen molar-refractivity contribution in [3.63, 3.8) is 0 Å². The Morgan fingerprint density at radius 3 is 2.93 bits per heavy atom. The molecule has 0 aliphatic carbocycles. The fraction of sp³-hybridized carbons (Fsp3) is 0.444. The summed E-state index contributed by atoms with van der Waals surface area (Å²) in [7, 11) is 0. The second kappa shape index (κ2) is 3.49. The summed E-state index contributed by atoms with van der Waals surface area (Å²) < 4.78 is 31.2. The highest BCUT2D eigenvalue weighted by Gasteiger charge is 2.46. The van der Waals surface area contributed by atoms with Gasteiger partial charge in [-0.05, 0) is 6.07 Å². The number of halogens is 2. The van der Waals surface area contributed by atoms with Gasteiger partial charge < -0.3 is 10.1 Å². The Kier molecular flexibility index (Phi) is 2.33. The molecule has 1 aromatic heterocycles. The summed E-state index contributed by atoms with van der Waals surface area (Å²) in [6.45, 7) is -0.173. The molecule has 14 heavy (non-hydrogen) atoms. The molecule has 1 atom stereocenters. The molecule has 0 amide bonds. The van der Waals surface area contributed by atoms with Gasteiger partial charge in [-0.15, -0.1) is 0 Å². The lowest BCUT2D eigenvalue weighted by Crippen LogP contribution is -2.36. The van der Waals surface area contributed by atoms with E-state index in [1.807, 2.05) is 0 Å². The Bertz CT molecular complexity index is 305. The van der Waals surface area contributed by atoms with E-state index >= 15 is 0 Å². The second-order valence-electron chi connectivity index (χ2n) is 3.17. The second-order valence-corrected chi connectivity index (χ2v) is 3.17. The normalized spacial score (nSPS) is 24.9. The minimum Gasteiger partial charge on any atom is -0.466 e. The molecular weight excluding hydrogens is 190 g/mol. The van der Waals surface area contributed by atoms with E-state index in [0.29, 0.717) is 0 Å². The van der Waals surface area contributed by atoms with E-state index in [9.17, 15) is 8.78 Å². The van der Waals surface area contributed by atoms with Crippen LogP contribution in [0.15, 0.2) is 24.4 Å². The fourth-order valence-electron chi connectivity index (χ4n) is 1.32. The first-order chi connectivity index (χ1) is 6.68. The van der Waals surface area contributed by atoms with Crippen LogP contribution in [0, 0.1) is 0 Å². The highest BCUT2D eigenvalue weighted by Crippen LogP contribution is 2.25. The Labute approximate surface area is 80.1 Å². The minimum atomic E-state index is -2.81. The van der Waals surface area contributed by atoms with E-state index in [4.69, 9.17) is 4.74 Å². The first-order valence-electron chi connectivity index (χ1n) is 4.35. The molecule has 1 N–H and O–H groups in total. The molecule has 3 nitrogen and oxygen atoms in total. The zero-order chi connectivity index (χ0) is 10.0. The highest BCUT2D eigenvalue weighted by molar-refractivity contribution is 5.11. The maximum atomic E-state index is 13.1. The van der Waals surface area contributed by atoms with Crippen LogP contribution in [0.2, 0.25) is 0 Å². The van der Waals surface area contributed by atoms with Crippen molar-refractivity contribution in [2.75, 3.05) is 13.1 Å². The number of alkyl halides is 2. The van der Waals surface area contributed by atoms with Crippen LogP contribution in [0.1, 0.15) is 0 Å². The van der Waals surface area contributed by atoms with Crippen molar-refractivity contribution in [3.05, 3.63) is 24.4 Å². The molecule has 1 aliphatic rings. The quantitative estimate of drug-likeness (QED) is 0.775. The molecule has 0 unspecified atom stereocenters. The molecule has 0 radical (unpaired) electrons. The first-order valence-corrected chi connectivity index (χ1v) is 4.35. The van der Waals surface area contributed by atoms with Crippen molar-refractivity contribution in [3.8, 4) is 5.88 Å². The van der Waals surface area contributed by atoms with Gasteiger partial charge in [-0.2, -0.15) is 0 Å². The standard InChI is InChI=1S/C9H10F2N2O/c10-9(11)6-12-5-7(9)14-8-3-1-2-4-13-8/h1-4,7,12H,5-6H2/t7-/m1/s1. The molecule has 1 aliphatic heterocycles. The number of rotatable bonds is 2. The predicted molar refractivity (Wildman–Crippen MR) is 46.5 cm³/mol. The number of ether oxygens (including phenoxy) is 1. The summed E-state index contributed by atoms with van der Waals surface area (Å²) in [6.07, 6.45) is 0.396. The Morgan fingerprint density at radius 2 is 2.36 bits per heavy atom. The van der Waals surface area contributed by atoms with Gasteiger partial charge in [-0.3, -0.25) is 0 Å². The lowest BCUT2D eigenvalue weighted by molar-refractivity contribution is -0.0612. The van der Waals surface area contributed by atoms with Crippen LogP contribution in [0.5, 0.6) is 5.88 Å². The minimum absolute atomic E-state index is 0.156. The summed E-state index contributed by atoms with van der Waals surface area (Å²) in [4.78, 5) is 3.82. The zero-order valence-corrected chi connectivity index (χ0v) is 7.41. The summed E-state index contributed by atoms with van der Waals surface area (Å²) >= 11 is 0. The molecule has 2 heterocycles. The fourth-order valence-corrected chi connectivity index (χ4v) is 1.32. The van der Waals surface area contributed by atoms with Crippen LogP contribution >= 0.6 is 0 Å². The maximum Gasteiger partial charge on any atom is 0.297 e. The molecular formula is C9H10F2N2O. The van der Waals surface area contributed by atoms with E-state index in [0.717, 1.165) is 0 Å². The van der Waals surface area contributed by atoms with Gasteiger partial charge in [0.15, 0.2) is 6.10 Å². The number of hydrogen-bond acceptors (Lipinski definition) is 3. The largest absolute Gasteiger partial charge is 0.466 e. The number of aromatic nitrogens is 1. The Morgan fingerprint density at radius 1 is 1.50 bits per heavy atom. The Balaban J connectivity index is 2.05. The Hall–Kier alpha value is -1.23. The SMILES string of the molecule is FC1(F)CNC[C@H]1Oc1ccccn1. The molecule has 1 saturated heterocycles. The van der Waals surface area contributed by atoms with Gasteiger partial charge >= 0.3 is 0 Å². The zero-order valence-electron chi connectivity index (χ0n) is 7.41. The van der Waals surface area contributed by atoms with Gasteiger partial charge in [0, 0.05) is 18.8 Å². The van der Waals surface area contributed by atoms with Gasteiger partial charge in [0.25, 0.3) is 5.92 Å². The van der Waals surface area contributed by atoms with E-state index < -0.39 is 12.0 Å². The van der Waals surface area contributed by atoms with Gasteiger partial charge in [-0.25, -0.2) is 13.8 Å². The van der Waals surface area contributed by atoms with Crippen molar-refractivity contribution >= 4 is 0 Å². The topological polar surface area (TPSA) is 34.1 Å². The number of hydrogen-bond donors (Lipinski definition) is 1. The van der Waals surface area contributed by atoms with E-state index in [1.165, 1.54) is 6.20 Å². The monoisotopic (exact) mass is 200 g/mol. The summed E-state index contributed by atoms with van der Waals surface area (Å²) in [5.41, 5.74) is 0. The highest BCUT2D eigenvalue weighted by atomic mass is 19.3. The van der Waals surface area contributed by atoms with Crippen molar-refractivity contribution in [1.82, 2.24) is 10.3 Å². The molecule has 1 aromatic rings. The third kappa shape index (κ3) is 1.82. The van der Waals surface area contributed by atoms with Crippen LogP contribution in [-0.2, 0) is 0 Å². The molecule has 76 valence electrons. The number of nitrogens with one attached hydrogen (secondary N) is 1. The first kappa shape index (κ1) is 9.33. The van der Waals surface area contributed by atoms with E-state index in [-0.39, 0.29) is 19.0 Å². The third-order valence-electron chi connectivity index (χ3n) is 2.06. The molecule has 0 bridgehead atoms. The summed E-state index contributed by atoms with van der Waals surface area (Å²) in [6, 6.07) is 4.97. The predicted octanol–water partition coefficient (Wildman–Crippen LogP) is 1.07. The van der Waals surface area contributed by atoms with Crippen molar-refractivity contribution in [2.24, 2.45) is 0 Å². The van der Waals surface area contributed by atoms with E-state index in [1.54, 1.807) is 18.2 Å². The van der Waals surface area contributed by atoms with Crippen LogP contribution in [0.4, 0.5) is 8.78 Å².